The minimum Gasteiger partial charge on any atom is -0.374 e. The van der Waals surface area contributed by atoms with Crippen molar-refractivity contribution in [3.8, 4) is 0 Å². The molecule has 0 saturated carbocycles. The molecule has 2 aromatic heterocycles. The Balaban J connectivity index is 1.37. The van der Waals surface area contributed by atoms with E-state index in [1.165, 1.54) is 5.56 Å². The van der Waals surface area contributed by atoms with Gasteiger partial charge in [-0.25, -0.2) is 0 Å². The van der Waals surface area contributed by atoms with Crippen molar-refractivity contribution < 1.29 is 9.53 Å². The van der Waals surface area contributed by atoms with E-state index in [9.17, 15) is 4.79 Å². The van der Waals surface area contributed by atoms with Crippen LogP contribution in [0.1, 0.15) is 29.0 Å². The first-order valence-corrected chi connectivity index (χ1v) is 9.81. The maximum absolute atomic E-state index is 12.6. The lowest BCUT2D eigenvalue weighted by Gasteiger charge is -2.37. The van der Waals surface area contributed by atoms with Crippen molar-refractivity contribution >= 4 is 28.4 Å². The SMILES string of the molecule is CC(c1ccc(Cl)cc1)N1CCOC(CNC(=O)c2nccc3[nH]ccc23)C1. The molecule has 1 aliphatic rings. The summed E-state index contributed by atoms with van der Waals surface area (Å²) >= 11 is 5.99. The zero-order chi connectivity index (χ0) is 19.5. The van der Waals surface area contributed by atoms with Crippen LogP contribution in [0.3, 0.4) is 0 Å². The van der Waals surface area contributed by atoms with Gasteiger partial charge in [0, 0.05) is 54.0 Å². The molecule has 1 aliphatic heterocycles. The van der Waals surface area contributed by atoms with Gasteiger partial charge in [-0.3, -0.25) is 14.7 Å². The molecule has 1 fully saturated rings. The molecule has 1 amide bonds. The van der Waals surface area contributed by atoms with Crippen LogP contribution >= 0.6 is 11.6 Å². The maximum Gasteiger partial charge on any atom is 0.270 e. The molecule has 2 unspecified atom stereocenters. The van der Waals surface area contributed by atoms with E-state index in [1.54, 1.807) is 6.20 Å². The molecule has 0 aliphatic carbocycles. The Kier molecular flexibility index (Phi) is 5.62. The van der Waals surface area contributed by atoms with Gasteiger partial charge in [-0.15, -0.1) is 0 Å². The number of aromatic amines is 1. The van der Waals surface area contributed by atoms with Crippen LogP contribution in [-0.2, 0) is 4.74 Å². The molecule has 28 heavy (non-hydrogen) atoms. The van der Waals surface area contributed by atoms with Gasteiger partial charge in [0.15, 0.2) is 0 Å². The second kappa shape index (κ2) is 8.31. The molecule has 0 bridgehead atoms. The number of carbonyl (C=O) groups excluding carboxylic acids is 1. The van der Waals surface area contributed by atoms with Crippen molar-refractivity contribution in [1.82, 2.24) is 20.2 Å². The number of hydrogen-bond acceptors (Lipinski definition) is 4. The molecule has 7 heteroatoms. The Labute approximate surface area is 168 Å². The Morgan fingerprint density at radius 1 is 1.36 bits per heavy atom. The number of ether oxygens (including phenoxy) is 1. The summed E-state index contributed by atoms with van der Waals surface area (Å²) < 4.78 is 5.87. The molecule has 2 N–H and O–H groups in total. The smallest absolute Gasteiger partial charge is 0.270 e. The van der Waals surface area contributed by atoms with E-state index in [4.69, 9.17) is 16.3 Å². The lowest BCUT2D eigenvalue weighted by atomic mass is 10.1. The second-order valence-electron chi connectivity index (χ2n) is 7.02. The average Bonchev–Trinajstić information content (AvgIpc) is 3.21. The van der Waals surface area contributed by atoms with Gasteiger partial charge in [-0.05, 0) is 36.8 Å². The van der Waals surface area contributed by atoms with Gasteiger partial charge in [0.05, 0.1) is 12.7 Å². The zero-order valence-corrected chi connectivity index (χ0v) is 16.4. The summed E-state index contributed by atoms with van der Waals surface area (Å²) in [5.41, 5.74) is 2.55. The Morgan fingerprint density at radius 3 is 3.00 bits per heavy atom. The normalized spacial score (nSPS) is 18.9. The van der Waals surface area contributed by atoms with Gasteiger partial charge in [0.25, 0.3) is 5.91 Å². The quantitative estimate of drug-likeness (QED) is 0.691. The number of nitrogens with one attached hydrogen (secondary N) is 2. The highest BCUT2D eigenvalue weighted by atomic mass is 35.5. The number of carbonyl (C=O) groups is 1. The lowest BCUT2D eigenvalue weighted by molar-refractivity contribution is -0.0393. The third-order valence-corrected chi connectivity index (χ3v) is 5.51. The van der Waals surface area contributed by atoms with Crippen LogP contribution in [0.2, 0.25) is 5.02 Å². The molecular weight excluding hydrogens is 376 g/mol. The number of nitrogens with zero attached hydrogens (tertiary/aromatic N) is 2. The summed E-state index contributed by atoms with van der Waals surface area (Å²) in [6.07, 6.45) is 3.39. The van der Waals surface area contributed by atoms with E-state index in [2.05, 4.69) is 39.2 Å². The van der Waals surface area contributed by atoms with Crippen molar-refractivity contribution in [2.24, 2.45) is 0 Å². The number of rotatable bonds is 5. The number of benzene rings is 1. The van der Waals surface area contributed by atoms with Crippen LogP contribution < -0.4 is 5.32 Å². The molecular formula is C21H23ClN4O2. The van der Waals surface area contributed by atoms with Crippen molar-refractivity contribution in [2.45, 2.75) is 19.1 Å². The fourth-order valence-electron chi connectivity index (χ4n) is 3.62. The van der Waals surface area contributed by atoms with Gasteiger partial charge in [0.2, 0.25) is 0 Å². The number of halogens is 1. The predicted octanol–water partition coefficient (Wildman–Crippen LogP) is 3.41. The minimum atomic E-state index is -0.184. The fraction of sp³-hybridized carbons (Fsp3) is 0.333. The summed E-state index contributed by atoms with van der Waals surface area (Å²) in [6.45, 7) is 4.89. The third-order valence-electron chi connectivity index (χ3n) is 5.25. The molecule has 0 spiro atoms. The number of amides is 1. The van der Waals surface area contributed by atoms with Crippen LogP contribution in [0, 0.1) is 0 Å². The van der Waals surface area contributed by atoms with Crippen molar-refractivity contribution in [2.75, 3.05) is 26.2 Å². The lowest BCUT2D eigenvalue weighted by Crippen LogP contribution is -2.48. The highest BCUT2D eigenvalue weighted by Crippen LogP contribution is 2.24. The minimum absolute atomic E-state index is 0.0575. The fourth-order valence-corrected chi connectivity index (χ4v) is 3.75. The summed E-state index contributed by atoms with van der Waals surface area (Å²) in [6, 6.07) is 11.9. The van der Waals surface area contributed by atoms with Gasteiger partial charge in [-0.1, -0.05) is 23.7 Å². The number of hydrogen-bond donors (Lipinski definition) is 2. The van der Waals surface area contributed by atoms with E-state index in [-0.39, 0.29) is 18.1 Å². The third kappa shape index (κ3) is 4.04. The van der Waals surface area contributed by atoms with E-state index >= 15 is 0 Å². The van der Waals surface area contributed by atoms with Gasteiger partial charge < -0.3 is 15.0 Å². The average molecular weight is 399 g/mol. The first-order valence-electron chi connectivity index (χ1n) is 9.43. The molecule has 3 heterocycles. The first kappa shape index (κ1) is 18.9. The van der Waals surface area contributed by atoms with E-state index in [0.717, 1.165) is 29.0 Å². The van der Waals surface area contributed by atoms with Crippen LogP contribution in [0.4, 0.5) is 0 Å². The summed E-state index contributed by atoms with van der Waals surface area (Å²) in [5, 5.41) is 4.54. The largest absolute Gasteiger partial charge is 0.374 e. The maximum atomic E-state index is 12.6. The number of aromatic nitrogens is 2. The van der Waals surface area contributed by atoms with Gasteiger partial charge in [0.1, 0.15) is 5.69 Å². The first-order chi connectivity index (χ1) is 13.6. The van der Waals surface area contributed by atoms with E-state index in [0.29, 0.717) is 18.8 Å². The molecule has 4 rings (SSSR count). The Hall–Kier alpha value is -2.41. The van der Waals surface area contributed by atoms with Crippen LogP contribution in [0.25, 0.3) is 10.9 Å². The van der Waals surface area contributed by atoms with Crippen LogP contribution in [0.15, 0.2) is 48.8 Å². The molecule has 6 nitrogen and oxygen atoms in total. The molecule has 1 aromatic carbocycles. The number of fused-ring (bicyclic) bond motifs is 1. The summed E-state index contributed by atoms with van der Waals surface area (Å²) in [7, 11) is 0. The highest BCUT2D eigenvalue weighted by molar-refractivity contribution is 6.30. The molecule has 1 saturated heterocycles. The Bertz CT molecular complexity index is 956. The van der Waals surface area contributed by atoms with E-state index in [1.807, 2.05) is 30.5 Å². The summed E-state index contributed by atoms with van der Waals surface area (Å²) in [4.78, 5) is 22.3. The van der Waals surface area contributed by atoms with Crippen LogP contribution in [0.5, 0.6) is 0 Å². The van der Waals surface area contributed by atoms with Crippen LogP contribution in [-0.4, -0.2) is 53.1 Å². The zero-order valence-electron chi connectivity index (χ0n) is 15.7. The van der Waals surface area contributed by atoms with Crippen molar-refractivity contribution in [3.63, 3.8) is 0 Å². The van der Waals surface area contributed by atoms with E-state index < -0.39 is 0 Å². The van der Waals surface area contributed by atoms with Gasteiger partial charge >= 0.3 is 0 Å². The predicted molar refractivity (Wildman–Crippen MR) is 110 cm³/mol. The molecule has 3 aromatic rings. The van der Waals surface area contributed by atoms with Crippen molar-refractivity contribution in [3.05, 3.63) is 65.1 Å². The standard InChI is InChI=1S/C21H23ClN4O2/c1-14(15-2-4-16(22)5-3-15)26-10-11-28-17(13-26)12-25-21(27)20-18-6-8-23-19(18)7-9-24-20/h2-9,14,17,23H,10-13H2,1H3,(H,25,27). The highest BCUT2D eigenvalue weighted by Gasteiger charge is 2.25. The molecule has 146 valence electrons. The number of morpholine rings is 1. The Morgan fingerprint density at radius 2 is 2.18 bits per heavy atom. The van der Waals surface area contributed by atoms with Gasteiger partial charge in [-0.2, -0.15) is 0 Å². The monoisotopic (exact) mass is 398 g/mol. The van der Waals surface area contributed by atoms with Crippen molar-refractivity contribution in [1.29, 1.82) is 0 Å². The molecule has 2 atom stereocenters. The number of H-pyrrole nitrogens is 1. The number of pyridine rings is 1. The molecule has 0 radical (unpaired) electrons. The summed E-state index contributed by atoms with van der Waals surface area (Å²) in [5.74, 6) is -0.184. The second-order valence-corrected chi connectivity index (χ2v) is 7.46. The topological polar surface area (TPSA) is 70.2 Å².